The van der Waals surface area contributed by atoms with Crippen LogP contribution in [0.2, 0.25) is 0 Å². The van der Waals surface area contributed by atoms with E-state index in [0.717, 1.165) is 30.3 Å². The molecule has 32 heavy (non-hydrogen) atoms. The van der Waals surface area contributed by atoms with Gasteiger partial charge in [0.1, 0.15) is 23.6 Å². The van der Waals surface area contributed by atoms with Gasteiger partial charge in [0, 0.05) is 31.3 Å². The van der Waals surface area contributed by atoms with E-state index >= 15 is 0 Å². The van der Waals surface area contributed by atoms with Crippen LogP contribution in [0.15, 0.2) is 42.7 Å². The fraction of sp³-hybridized carbons (Fsp3) is 0.273. The second-order valence-electron chi connectivity index (χ2n) is 7.57. The van der Waals surface area contributed by atoms with Crippen molar-refractivity contribution in [3.8, 4) is 11.4 Å². The molecule has 8 nitrogen and oxygen atoms in total. The highest BCUT2D eigenvalue weighted by molar-refractivity contribution is 5.58. The van der Waals surface area contributed by atoms with Crippen molar-refractivity contribution < 1.29 is 13.5 Å². The number of anilines is 2. The molecule has 3 heterocycles. The maximum absolute atomic E-state index is 13.8. The van der Waals surface area contributed by atoms with Gasteiger partial charge in [-0.2, -0.15) is 15.2 Å². The van der Waals surface area contributed by atoms with E-state index in [1.807, 2.05) is 34.7 Å². The largest absolute Gasteiger partial charge is 0.494 e. The van der Waals surface area contributed by atoms with Gasteiger partial charge < -0.3 is 9.64 Å². The van der Waals surface area contributed by atoms with Crippen LogP contribution in [0.4, 0.5) is 20.4 Å². The summed E-state index contributed by atoms with van der Waals surface area (Å²) < 4.78 is 36.2. The molecule has 0 atom stereocenters. The summed E-state index contributed by atoms with van der Waals surface area (Å²) in [7, 11) is 1.61. The summed E-state index contributed by atoms with van der Waals surface area (Å²) in [5, 5.41) is 8.97. The van der Waals surface area contributed by atoms with Crippen LogP contribution in [0.5, 0.6) is 5.75 Å². The maximum atomic E-state index is 13.8. The van der Waals surface area contributed by atoms with Gasteiger partial charge in [-0.15, -0.1) is 0 Å². The zero-order valence-corrected chi connectivity index (χ0v) is 17.7. The zero-order valence-electron chi connectivity index (χ0n) is 17.7. The number of fused-ring (bicyclic) bond motifs is 1. The van der Waals surface area contributed by atoms with Crippen LogP contribution in [0, 0.1) is 18.6 Å². The van der Waals surface area contributed by atoms with Gasteiger partial charge >= 0.3 is 0 Å². The number of methoxy groups -OCH3 is 1. The third-order valence-corrected chi connectivity index (χ3v) is 5.36. The Morgan fingerprint density at radius 1 is 1.03 bits per heavy atom. The Hall–Kier alpha value is -3.82. The summed E-state index contributed by atoms with van der Waals surface area (Å²) in [6, 6.07) is 9.70. The highest BCUT2D eigenvalue weighted by atomic mass is 19.2. The molecule has 5 rings (SSSR count). The van der Waals surface area contributed by atoms with Crippen LogP contribution in [0.25, 0.3) is 5.69 Å². The summed E-state index contributed by atoms with van der Waals surface area (Å²) >= 11 is 0. The quantitative estimate of drug-likeness (QED) is 0.475. The van der Waals surface area contributed by atoms with Crippen molar-refractivity contribution in [2.45, 2.75) is 26.3 Å². The van der Waals surface area contributed by atoms with Crippen LogP contribution in [0.1, 0.15) is 23.6 Å². The highest BCUT2D eigenvalue weighted by Crippen LogP contribution is 2.30. The second-order valence-corrected chi connectivity index (χ2v) is 7.57. The van der Waals surface area contributed by atoms with Crippen LogP contribution < -0.4 is 9.64 Å². The van der Waals surface area contributed by atoms with E-state index < -0.39 is 11.6 Å². The first-order chi connectivity index (χ1) is 15.5. The predicted molar refractivity (Wildman–Crippen MR) is 113 cm³/mol. The molecule has 0 unspecified atom stereocenters. The zero-order chi connectivity index (χ0) is 22.2. The number of rotatable bonds is 5. The molecule has 0 saturated carbocycles. The first-order valence-electron chi connectivity index (χ1n) is 10.2. The van der Waals surface area contributed by atoms with E-state index in [1.165, 1.54) is 6.07 Å². The summed E-state index contributed by atoms with van der Waals surface area (Å²) in [5.41, 5.74) is 2.32. The summed E-state index contributed by atoms with van der Waals surface area (Å²) in [6.45, 7) is 3.20. The van der Waals surface area contributed by atoms with Gasteiger partial charge in [-0.1, -0.05) is 6.07 Å². The minimum atomic E-state index is -0.880. The molecule has 1 aliphatic rings. The second kappa shape index (κ2) is 8.03. The van der Waals surface area contributed by atoms with Crippen molar-refractivity contribution in [1.82, 2.24) is 29.5 Å². The molecule has 0 radical (unpaired) electrons. The number of ether oxygens (including phenoxy) is 1. The molecule has 1 aliphatic heterocycles. The Morgan fingerprint density at radius 3 is 2.66 bits per heavy atom. The van der Waals surface area contributed by atoms with E-state index in [9.17, 15) is 8.78 Å². The van der Waals surface area contributed by atoms with Crippen molar-refractivity contribution in [2.24, 2.45) is 0 Å². The van der Waals surface area contributed by atoms with E-state index in [4.69, 9.17) is 4.74 Å². The minimum absolute atomic E-state index is 0.499. The Bertz CT molecular complexity index is 1280. The van der Waals surface area contributed by atoms with Crippen molar-refractivity contribution in [2.75, 3.05) is 18.6 Å². The van der Waals surface area contributed by atoms with Crippen LogP contribution in [0.3, 0.4) is 0 Å². The Kier molecular flexibility index (Phi) is 5.04. The first kappa shape index (κ1) is 20.1. The number of aromatic nitrogens is 6. The van der Waals surface area contributed by atoms with Crippen LogP contribution in [-0.4, -0.2) is 43.2 Å². The van der Waals surface area contributed by atoms with E-state index in [-0.39, 0.29) is 0 Å². The monoisotopic (exact) mass is 437 g/mol. The number of benzene rings is 2. The molecule has 2 aromatic heterocycles. The van der Waals surface area contributed by atoms with Gasteiger partial charge in [0.05, 0.1) is 7.11 Å². The Balaban J connectivity index is 1.42. The smallest absolute Gasteiger partial charge is 0.228 e. The maximum Gasteiger partial charge on any atom is 0.228 e. The molecule has 164 valence electrons. The van der Waals surface area contributed by atoms with Crippen molar-refractivity contribution in [1.29, 1.82) is 0 Å². The highest BCUT2D eigenvalue weighted by Gasteiger charge is 2.23. The third-order valence-electron chi connectivity index (χ3n) is 5.36. The number of hydrogen-bond donors (Lipinski definition) is 0. The molecule has 0 amide bonds. The third kappa shape index (κ3) is 3.68. The van der Waals surface area contributed by atoms with Gasteiger partial charge in [0.25, 0.3) is 0 Å². The number of nitrogens with zero attached hydrogens (tertiary/aromatic N) is 7. The van der Waals surface area contributed by atoms with Crippen LogP contribution >= 0.6 is 0 Å². The summed E-state index contributed by atoms with van der Waals surface area (Å²) in [5.74, 6) is 0.856. The topological polar surface area (TPSA) is 73.9 Å². The van der Waals surface area contributed by atoms with Crippen molar-refractivity contribution in [3.05, 3.63) is 71.6 Å². The Labute approximate surface area is 183 Å². The average Bonchev–Trinajstić information content (AvgIpc) is 3.41. The lowest BCUT2D eigenvalue weighted by molar-refractivity contribution is 0.411. The van der Waals surface area contributed by atoms with Gasteiger partial charge in [0.15, 0.2) is 17.5 Å². The molecule has 0 N–H and O–H groups in total. The van der Waals surface area contributed by atoms with E-state index in [2.05, 4.69) is 20.2 Å². The Morgan fingerprint density at radius 2 is 1.91 bits per heavy atom. The lowest BCUT2D eigenvalue weighted by Gasteiger charge is -2.27. The molecular formula is C22H21F2N7O. The lowest BCUT2D eigenvalue weighted by Crippen LogP contribution is -2.28. The molecular weight excluding hydrogens is 416 g/mol. The van der Waals surface area contributed by atoms with Crippen molar-refractivity contribution in [3.63, 3.8) is 0 Å². The lowest BCUT2D eigenvalue weighted by atomic mass is 10.1. The fourth-order valence-corrected chi connectivity index (χ4v) is 3.85. The molecule has 10 heteroatoms. The molecule has 0 aliphatic carbocycles. The molecule has 0 bridgehead atoms. The SMILES string of the molecule is COc1cc(Cc2nc3n(n2)CCCN3c2ccc(F)c(F)c2)ccc1-n1cnc(C)n1. The van der Waals surface area contributed by atoms with Gasteiger partial charge in [-0.05, 0) is 43.2 Å². The number of hydrogen-bond acceptors (Lipinski definition) is 6. The standard InChI is InChI=1S/C22H21F2N7O/c1-14-25-13-31(27-14)19-7-4-15(10-20(19)32-2)11-21-26-22-29(8-3-9-30(22)28-21)16-5-6-17(23)18(24)12-16/h4-7,10,12-13H,3,8-9,11H2,1-2H3. The predicted octanol–water partition coefficient (Wildman–Crippen LogP) is 3.59. The fourth-order valence-electron chi connectivity index (χ4n) is 3.85. The van der Waals surface area contributed by atoms with E-state index in [0.29, 0.717) is 42.0 Å². The van der Waals surface area contributed by atoms with Gasteiger partial charge in [-0.3, -0.25) is 0 Å². The summed E-state index contributed by atoms with van der Waals surface area (Å²) in [6.07, 6.45) is 2.97. The average molecular weight is 437 g/mol. The molecule has 0 spiro atoms. The number of aryl methyl sites for hydroxylation is 2. The molecule has 0 saturated heterocycles. The van der Waals surface area contributed by atoms with Gasteiger partial charge in [-0.25, -0.2) is 23.1 Å². The van der Waals surface area contributed by atoms with E-state index in [1.54, 1.807) is 24.2 Å². The number of halogens is 2. The molecule has 2 aromatic carbocycles. The van der Waals surface area contributed by atoms with Gasteiger partial charge in [0.2, 0.25) is 5.95 Å². The molecule has 0 fully saturated rings. The summed E-state index contributed by atoms with van der Waals surface area (Å²) in [4.78, 5) is 10.7. The normalized spacial score (nSPS) is 13.3. The van der Waals surface area contributed by atoms with Crippen molar-refractivity contribution >= 4 is 11.6 Å². The minimum Gasteiger partial charge on any atom is -0.494 e. The first-order valence-corrected chi connectivity index (χ1v) is 10.2. The molecule has 4 aromatic rings. The van der Waals surface area contributed by atoms with Crippen LogP contribution in [-0.2, 0) is 13.0 Å².